The minimum atomic E-state index is -1.04. The SMILES string of the molecule is CCS(=O)c1ccc(C(Cc2ccccc2)C(=O)Nc2nc3cc(OC)c(OC)cc3s2)cc1.O. The van der Waals surface area contributed by atoms with Crippen molar-refractivity contribution in [1.29, 1.82) is 0 Å². The van der Waals surface area contributed by atoms with Crippen LogP contribution in [0.15, 0.2) is 71.6 Å². The number of carbonyl (C=O) groups is 1. The van der Waals surface area contributed by atoms with Crippen LogP contribution in [0.4, 0.5) is 5.13 Å². The number of thiazole rings is 1. The van der Waals surface area contributed by atoms with Crippen molar-refractivity contribution in [3.63, 3.8) is 0 Å². The van der Waals surface area contributed by atoms with Gasteiger partial charge in [0.05, 0.1) is 41.2 Å². The number of benzene rings is 3. The maximum atomic E-state index is 13.5. The van der Waals surface area contributed by atoms with Gasteiger partial charge in [-0.15, -0.1) is 0 Å². The van der Waals surface area contributed by atoms with Gasteiger partial charge in [-0.1, -0.05) is 60.7 Å². The predicted molar refractivity (Wildman–Crippen MR) is 141 cm³/mol. The van der Waals surface area contributed by atoms with Gasteiger partial charge in [0.15, 0.2) is 16.6 Å². The van der Waals surface area contributed by atoms with E-state index >= 15 is 0 Å². The highest BCUT2D eigenvalue weighted by molar-refractivity contribution is 7.85. The number of ether oxygens (including phenoxy) is 2. The van der Waals surface area contributed by atoms with Gasteiger partial charge in [-0.3, -0.25) is 9.00 Å². The van der Waals surface area contributed by atoms with Gasteiger partial charge in [-0.05, 0) is 29.7 Å². The van der Waals surface area contributed by atoms with E-state index in [1.807, 2.05) is 67.6 Å². The highest BCUT2D eigenvalue weighted by Gasteiger charge is 2.23. The molecule has 0 aliphatic heterocycles. The van der Waals surface area contributed by atoms with Gasteiger partial charge in [0.2, 0.25) is 5.91 Å². The number of hydrogen-bond donors (Lipinski definition) is 1. The smallest absolute Gasteiger partial charge is 0.234 e. The van der Waals surface area contributed by atoms with Crippen molar-refractivity contribution in [3.8, 4) is 11.5 Å². The summed E-state index contributed by atoms with van der Waals surface area (Å²) >= 11 is 1.38. The van der Waals surface area contributed by atoms with Crippen LogP contribution in [0.5, 0.6) is 11.5 Å². The number of hydrogen-bond acceptors (Lipinski definition) is 6. The second-order valence-corrected chi connectivity index (χ2v) is 10.4. The molecule has 35 heavy (non-hydrogen) atoms. The van der Waals surface area contributed by atoms with Crippen molar-refractivity contribution in [3.05, 3.63) is 77.9 Å². The molecule has 0 saturated heterocycles. The molecule has 9 heteroatoms. The third kappa shape index (κ3) is 6.05. The monoisotopic (exact) mass is 512 g/mol. The lowest BCUT2D eigenvalue weighted by Gasteiger charge is -2.17. The van der Waals surface area contributed by atoms with E-state index in [1.54, 1.807) is 20.3 Å². The Morgan fingerprint density at radius 1 is 1.03 bits per heavy atom. The average Bonchev–Trinajstić information content (AvgIpc) is 3.27. The Morgan fingerprint density at radius 2 is 1.69 bits per heavy atom. The van der Waals surface area contributed by atoms with Gasteiger partial charge in [-0.2, -0.15) is 0 Å². The molecule has 1 aromatic heterocycles. The van der Waals surface area contributed by atoms with Gasteiger partial charge in [0.25, 0.3) is 0 Å². The molecule has 0 bridgehead atoms. The highest BCUT2D eigenvalue weighted by Crippen LogP contribution is 2.36. The lowest BCUT2D eigenvalue weighted by Crippen LogP contribution is -2.23. The van der Waals surface area contributed by atoms with Crippen LogP contribution >= 0.6 is 11.3 Å². The van der Waals surface area contributed by atoms with E-state index in [0.29, 0.717) is 28.8 Å². The minimum absolute atomic E-state index is 0. The number of nitrogens with one attached hydrogen (secondary N) is 1. The van der Waals surface area contributed by atoms with Crippen LogP contribution < -0.4 is 14.8 Å². The molecule has 0 radical (unpaired) electrons. The number of fused-ring (bicyclic) bond motifs is 1. The molecule has 2 unspecified atom stereocenters. The first kappa shape index (κ1) is 26.3. The largest absolute Gasteiger partial charge is 0.493 e. The summed E-state index contributed by atoms with van der Waals surface area (Å²) in [5.41, 5.74) is 2.65. The van der Waals surface area contributed by atoms with E-state index in [4.69, 9.17) is 9.47 Å². The molecule has 2 atom stereocenters. The number of carbonyl (C=O) groups excluding carboxylic acids is 1. The number of amides is 1. The maximum absolute atomic E-state index is 13.5. The van der Waals surface area contributed by atoms with Gasteiger partial charge in [0, 0.05) is 22.8 Å². The average molecular weight is 513 g/mol. The first-order chi connectivity index (χ1) is 16.5. The first-order valence-electron chi connectivity index (χ1n) is 10.9. The Kier molecular flexibility index (Phi) is 8.97. The van der Waals surface area contributed by atoms with Gasteiger partial charge < -0.3 is 20.3 Å². The summed E-state index contributed by atoms with van der Waals surface area (Å²) in [7, 11) is 2.13. The lowest BCUT2D eigenvalue weighted by molar-refractivity contribution is -0.117. The third-order valence-corrected chi connectivity index (χ3v) is 7.79. The van der Waals surface area contributed by atoms with E-state index < -0.39 is 16.7 Å². The number of rotatable bonds is 9. The van der Waals surface area contributed by atoms with Crippen molar-refractivity contribution < 1.29 is 24.0 Å². The number of nitrogens with zero attached hydrogens (tertiary/aromatic N) is 1. The zero-order chi connectivity index (χ0) is 24.1. The van der Waals surface area contributed by atoms with Crippen LogP contribution in [0, 0.1) is 0 Å². The van der Waals surface area contributed by atoms with Crippen LogP contribution in [-0.2, 0) is 22.0 Å². The van der Waals surface area contributed by atoms with Crippen molar-refractivity contribution in [2.45, 2.75) is 24.2 Å². The first-order valence-corrected chi connectivity index (χ1v) is 13.0. The van der Waals surface area contributed by atoms with E-state index in [-0.39, 0.29) is 11.4 Å². The Hall–Kier alpha value is -3.27. The van der Waals surface area contributed by atoms with Crippen molar-refractivity contribution in [1.82, 2.24) is 4.98 Å². The van der Waals surface area contributed by atoms with E-state index in [2.05, 4.69) is 10.3 Å². The number of aromatic nitrogens is 1. The van der Waals surface area contributed by atoms with Gasteiger partial charge in [0.1, 0.15) is 0 Å². The summed E-state index contributed by atoms with van der Waals surface area (Å²) in [4.78, 5) is 18.8. The molecular formula is C26H28N2O5S2. The lowest BCUT2D eigenvalue weighted by atomic mass is 9.91. The molecule has 0 fully saturated rings. The fraction of sp³-hybridized carbons (Fsp3) is 0.231. The standard InChI is InChI=1S/C26H26N2O4S2.H2O/c1-4-34(30)19-12-10-18(11-13-19)20(14-17-8-6-5-7-9-17)25(29)28-26-27-21-15-22(31-2)23(32-3)16-24(21)33-26;/h5-13,15-16,20H,4,14H2,1-3H3,(H,27,28,29);1H2. The Balaban J connectivity index is 0.00000342. The molecule has 0 aliphatic carbocycles. The predicted octanol–water partition coefficient (Wildman–Crippen LogP) is 4.58. The van der Waals surface area contributed by atoms with Crippen LogP contribution in [0.25, 0.3) is 10.2 Å². The highest BCUT2D eigenvalue weighted by atomic mass is 32.2. The summed E-state index contributed by atoms with van der Waals surface area (Å²) in [5, 5.41) is 3.51. The normalized spacial score (nSPS) is 12.4. The van der Waals surface area contributed by atoms with Crippen molar-refractivity contribution in [2.75, 3.05) is 25.3 Å². The van der Waals surface area contributed by atoms with Crippen LogP contribution in [0.1, 0.15) is 24.0 Å². The second-order valence-electron chi connectivity index (χ2n) is 7.63. The molecule has 4 aromatic rings. The maximum Gasteiger partial charge on any atom is 0.234 e. The molecule has 0 saturated carbocycles. The Bertz CT molecular complexity index is 1270. The van der Waals surface area contributed by atoms with E-state index in [0.717, 1.165) is 26.2 Å². The minimum Gasteiger partial charge on any atom is -0.493 e. The third-order valence-electron chi connectivity index (χ3n) is 5.53. The second kappa shape index (κ2) is 11.9. The molecule has 0 aliphatic rings. The zero-order valence-electron chi connectivity index (χ0n) is 19.7. The molecular weight excluding hydrogens is 484 g/mol. The van der Waals surface area contributed by atoms with Crippen LogP contribution in [0.2, 0.25) is 0 Å². The molecule has 184 valence electrons. The van der Waals surface area contributed by atoms with Crippen molar-refractivity contribution >= 4 is 43.4 Å². The summed E-state index contributed by atoms with van der Waals surface area (Å²) in [6.45, 7) is 1.89. The Morgan fingerprint density at radius 3 is 2.31 bits per heavy atom. The fourth-order valence-corrected chi connectivity index (χ4v) is 5.38. The van der Waals surface area contributed by atoms with E-state index in [1.165, 1.54) is 11.3 Å². The van der Waals surface area contributed by atoms with E-state index in [9.17, 15) is 9.00 Å². The number of anilines is 1. The van der Waals surface area contributed by atoms with Gasteiger partial charge in [-0.25, -0.2) is 4.98 Å². The molecule has 3 aromatic carbocycles. The zero-order valence-corrected chi connectivity index (χ0v) is 21.4. The molecule has 0 spiro atoms. The van der Waals surface area contributed by atoms with Gasteiger partial charge >= 0.3 is 0 Å². The summed E-state index contributed by atoms with van der Waals surface area (Å²) in [5.74, 6) is 1.18. The summed E-state index contributed by atoms with van der Waals surface area (Å²) in [6.07, 6.45) is 0.537. The van der Waals surface area contributed by atoms with Crippen LogP contribution in [0.3, 0.4) is 0 Å². The molecule has 4 rings (SSSR count). The van der Waals surface area contributed by atoms with Crippen molar-refractivity contribution in [2.24, 2.45) is 0 Å². The molecule has 1 heterocycles. The molecule has 3 N–H and O–H groups in total. The quantitative estimate of drug-likeness (QED) is 0.353. The Labute approximate surface area is 210 Å². The van der Waals surface area contributed by atoms with Crippen LogP contribution in [-0.4, -0.2) is 40.5 Å². The number of methoxy groups -OCH3 is 2. The molecule has 7 nitrogen and oxygen atoms in total. The summed E-state index contributed by atoms with van der Waals surface area (Å²) in [6, 6.07) is 21.0. The fourth-order valence-electron chi connectivity index (χ4n) is 3.73. The molecule has 1 amide bonds. The summed E-state index contributed by atoms with van der Waals surface area (Å²) < 4.78 is 23.8. The topological polar surface area (TPSA) is 109 Å².